The Labute approximate surface area is 107 Å². The lowest BCUT2D eigenvalue weighted by molar-refractivity contribution is 0.132. The third-order valence-electron chi connectivity index (χ3n) is 2.45. The third-order valence-corrected chi connectivity index (χ3v) is 2.45. The molecule has 0 radical (unpaired) electrons. The molecular weight excluding hydrogens is 230 g/mol. The Morgan fingerprint density at radius 1 is 1.44 bits per heavy atom. The Morgan fingerprint density at radius 3 is 2.89 bits per heavy atom. The van der Waals surface area contributed by atoms with E-state index >= 15 is 0 Å². The average Bonchev–Trinajstić information content (AvgIpc) is 2.36. The summed E-state index contributed by atoms with van der Waals surface area (Å²) in [5, 5.41) is 14.4. The fourth-order valence-electron chi connectivity index (χ4n) is 1.59. The van der Waals surface area contributed by atoms with Gasteiger partial charge in [-0.3, -0.25) is 0 Å². The first kappa shape index (κ1) is 13.9. The predicted octanol–water partition coefficient (Wildman–Crippen LogP) is 2.52. The second kappa shape index (κ2) is 7.21. The Hall–Kier alpha value is -2.17. The molecule has 1 aromatic rings. The number of hydrogen-bond acceptors (Lipinski definition) is 5. The minimum Gasteiger partial charge on any atom is -0.399 e. The summed E-state index contributed by atoms with van der Waals surface area (Å²) in [4.78, 5) is 9.92. The maximum absolute atomic E-state index is 6.80. The Balaban J connectivity index is 2.97. The van der Waals surface area contributed by atoms with E-state index in [4.69, 9.17) is 15.1 Å². The molecule has 18 heavy (non-hydrogen) atoms. The summed E-state index contributed by atoms with van der Waals surface area (Å²) >= 11 is 0. The first-order chi connectivity index (χ1) is 8.70. The Bertz CT molecular complexity index is 467. The van der Waals surface area contributed by atoms with Crippen molar-refractivity contribution in [2.45, 2.75) is 20.5 Å². The van der Waals surface area contributed by atoms with Crippen molar-refractivity contribution in [2.24, 2.45) is 10.3 Å². The number of oxime groups is 2. The topological polar surface area (TPSA) is 67.0 Å². The summed E-state index contributed by atoms with van der Waals surface area (Å²) < 4.78 is 0. The van der Waals surface area contributed by atoms with Crippen LogP contribution in [0.1, 0.15) is 23.6 Å². The number of aryl methyl sites for hydroxylation is 1. The van der Waals surface area contributed by atoms with E-state index in [0.717, 1.165) is 28.6 Å². The van der Waals surface area contributed by atoms with Crippen molar-refractivity contribution in [2.75, 3.05) is 7.11 Å². The van der Waals surface area contributed by atoms with E-state index in [1.165, 1.54) is 13.3 Å². The number of nitrogens with one attached hydrogen (secondary N) is 1. The van der Waals surface area contributed by atoms with E-state index in [1.54, 1.807) is 0 Å². The third kappa shape index (κ3) is 3.69. The molecule has 0 bridgehead atoms. The van der Waals surface area contributed by atoms with E-state index in [-0.39, 0.29) is 0 Å². The van der Waals surface area contributed by atoms with Crippen LogP contribution in [0.2, 0.25) is 0 Å². The maximum atomic E-state index is 6.80. The lowest BCUT2D eigenvalue weighted by atomic mass is 10.00. The molecule has 0 saturated carbocycles. The minimum atomic E-state index is 0.336. The molecule has 0 atom stereocenters. The summed E-state index contributed by atoms with van der Waals surface area (Å²) in [5.74, 6) is 0. The molecule has 96 valence electrons. The molecule has 1 N–H and O–H groups in total. The molecule has 5 nitrogen and oxygen atoms in total. The zero-order valence-electron chi connectivity index (χ0n) is 10.8. The first-order valence-corrected chi connectivity index (χ1v) is 5.51. The van der Waals surface area contributed by atoms with Crippen LogP contribution in [0.25, 0.3) is 0 Å². The molecule has 0 saturated heterocycles. The molecule has 1 rings (SSSR count). The average molecular weight is 247 g/mol. The highest BCUT2D eigenvalue weighted by molar-refractivity contribution is 6.14. The lowest BCUT2D eigenvalue weighted by Gasteiger charge is -2.10. The van der Waals surface area contributed by atoms with Gasteiger partial charge in [-0.15, -0.1) is 0 Å². The number of nitrogens with zero attached hydrogens (tertiary/aromatic N) is 2. The smallest absolute Gasteiger partial charge is 0.143 e. The van der Waals surface area contributed by atoms with E-state index in [0.29, 0.717) is 6.61 Å². The Kier molecular flexibility index (Phi) is 5.57. The second-order valence-corrected chi connectivity index (χ2v) is 3.65. The molecule has 0 aliphatic carbocycles. The largest absolute Gasteiger partial charge is 0.399 e. The van der Waals surface area contributed by atoms with Crippen molar-refractivity contribution in [3.05, 3.63) is 34.9 Å². The van der Waals surface area contributed by atoms with E-state index in [1.807, 2.05) is 32.0 Å². The van der Waals surface area contributed by atoms with Gasteiger partial charge in [-0.25, -0.2) is 0 Å². The van der Waals surface area contributed by atoms with Crippen molar-refractivity contribution in [3.63, 3.8) is 0 Å². The molecule has 0 aromatic heterocycles. The summed E-state index contributed by atoms with van der Waals surface area (Å²) in [6.45, 7) is 4.22. The molecule has 1 aromatic carbocycles. The van der Waals surface area contributed by atoms with Gasteiger partial charge in [0, 0.05) is 17.3 Å². The fourth-order valence-corrected chi connectivity index (χ4v) is 1.59. The van der Waals surface area contributed by atoms with Gasteiger partial charge in [0.1, 0.15) is 13.7 Å². The summed E-state index contributed by atoms with van der Waals surface area (Å²) in [6.07, 6.45) is 2.35. The van der Waals surface area contributed by atoms with Crippen LogP contribution >= 0.6 is 0 Å². The molecule has 0 aliphatic heterocycles. The molecule has 0 heterocycles. The highest BCUT2D eigenvalue weighted by Gasteiger charge is 2.09. The van der Waals surface area contributed by atoms with Gasteiger partial charge >= 0.3 is 0 Å². The van der Waals surface area contributed by atoms with Gasteiger partial charge < -0.3 is 15.1 Å². The normalized spacial score (nSPS) is 11.6. The van der Waals surface area contributed by atoms with E-state index < -0.39 is 0 Å². The van der Waals surface area contributed by atoms with Crippen LogP contribution in [-0.2, 0) is 16.3 Å². The summed E-state index contributed by atoms with van der Waals surface area (Å²) in [7, 11) is 1.52. The highest BCUT2D eigenvalue weighted by Crippen LogP contribution is 2.16. The fraction of sp³-hybridized carbons (Fsp3) is 0.308. The van der Waals surface area contributed by atoms with Crippen molar-refractivity contribution < 1.29 is 9.68 Å². The van der Waals surface area contributed by atoms with Gasteiger partial charge in [0.2, 0.25) is 0 Å². The van der Waals surface area contributed by atoms with Gasteiger partial charge in [0.15, 0.2) is 0 Å². The molecule has 0 aliphatic rings. The number of rotatable bonds is 6. The zero-order valence-corrected chi connectivity index (χ0v) is 10.8. The molecule has 0 amide bonds. The SMILES string of the molecule is CO/N=C(/C)c1cccc(C)c1CO/N=C/C=N. The quantitative estimate of drug-likeness (QED) is 0.620. The minimum absolute atomic E-state index is 0.336. The van der Waals surface area contributed by atoms with Gasteiger partial charge in [-0.2, -0.15) is 0 Å². The molecular formula is C13H17N3O2. The molecule has 0 unspecified atom stereocenters. The monoisotopic (exact) mass is 247 g/mol. The van der Waals surface area contributed by atoms with Crippen LogP contribution in [0.4, 0.5) is 0 Å². The van der Waals surface area contributed by atoms with Crippen LogP contribution in [0.15, 0.2) is 28.5 Å². The molecule has 5 heteroatoms. The molecule has 0 fully saturated rings. The summed E-state index contributed by atoms with van der Waals surface area (Å²) in [6, 6.07) is 5.93. The standard InChI is InChI=1S/C13H17N3O2/c1-10-5-4-6-12(11(2)16-17-3)13(10)9-18-15-8-7-14/h4-8,14H,9H2,1-3H3/b14-7?,15-8+,16-11-. The van der Waals surface area contributed by atoms with Gasteiger partial charge in [-0.1, -0.05) is 28.5 Å². The van der Waals surface area contributed by atoms with Crippen LogP contribution in [-0.4, -0.2) is 25.3 Å². The highest BCUT2D eigenvalue weighted by atomic mass is 16.6. The van der Waals surface area contributed by atoms with Crippen molar-refractivity contribution in [3.8, 4) is 0 Å². The molecule has 0 spiro atoms. The van der Waals surface area contributed by atoms with Crippen molar-refractivity contribution in [1.82, 2.24) is 0 Å². The number of hydrogen-bond donors (Lipinski definition) is 1. The van der Waals surface area contributed by atoms with E-state index in [2.05, 4.69) is 10.3 Å². The van der Waals surface area contributed by atoms with Crippen molar-refractivity contribution >= 4 is 18.1 Å². The maximum Gasteiger partial charge on any atom is 0.143 e. The Morgan fingerprint density at radius 2 is 2.22 bits per heavy atom. The van der Waals surface area contributed by atoms with Crippen LogP contribution in [0.5, 0.6) is 0 Å². The van der Waals surface area contributed by atoms with Crippen LogP contribution in [0.3, 0.4) is 0 Å². The zero-order chi connectivity index (χ0) is 13.4. The van der Waals surface area contributed by atoms with Crippen LogP contribution in [0, 0.1) is 12.3 Å². The predicted molar refractivity (Wildman–Crippen MR) is 72.5 cm³/mol. The lowest BCUT2D eigenvalue weighted by Crippen LogP contribution is -2.04. The van der Waals surface area contributed by atoms with Gasteiger partial charge in [-0.05, 0) is 19.4 Å². The second-order valence-electron chi connectivity index (χ2n) is 3.65. The van der Waals surface area contributed by atoms with Gasteiger partial charge in [0.25, 0.3) is 0 Å². The van der Waals surface area contributed by atoms with Crippen LogP contribution < -0.4 is 0 Å². The number of benzene rings is 1. The van der Waals surface area contributed by atoms with E-state index in [9.17, 15) is 0 Å². The first-order valence-electron chi connectivity index (χ1n) is 5.51. The summed E-state index contributed by atoms with van der Waals surface area (Å²) in [5.41, 5.74) is 3.87. The van der Waals surface area contributed by atoms with Crippen molar-refractivity contribution in [1.29, 1.82) is 5.41 Å². The van der Waals surface area contributed by atoms with Gasteiger partial charge in [0.05, 0.1) is 11.9 Å².